The van der Waals surface area contributed by atoms with Gasteiger partial charge in [-0.2, -0.15) is 0 Å². The monoisotopic (exact) mass is 268 g/mol. The average Bonchev–Trinajstić information content (AvgIpc) is 2.68. The van der Waals surface area contributed by atoms with Gasteiger partial charge in [0.2, 0.25) is 0 Å². The highest BCUT2D eigenvalue weighted by molar-refractivity contribution is 5.78. The predicted molar refractivity (Wildman–Crippen MR) is 72.8 cm³/mol. The van der Waals surface area contributed by atoms with Gasteiger partial charge in [-0.25, -0.2) is 0 Å². The third-order valence-electron chi connectivity index (χ3n) is 3.71. The molecule has 0 saturated heterocycles. The quantitative estimate of drug-likeness (QED) is 0.498. The third-order valence-corrected chi connectivity index (χ3v) is 3.71. The second-order valence-electron chi connectivity index (χ2n) is 5.28. The molecular formula is C15H24O4. The maximum absolute atomic E-state index is 11.7. The molecule has 4 nitrogen and oxygen atoms in total. The van der Waals surface area contributed by atoms with Crippen LogP contribution in [0.3, 0.4) is 0 Å². The minimum Gasteiger partial charge on any atom is -0.481 e. The Balaban J connectivity index is 2.35. The second-order valence-corrected chi connectivity index (χ2v) is 5.28. The maximum Gasteiger partial charge on any atom is 0.304 e. The average molecular weight is 268 g/mol. The Labute approximate surface area is 114 Å². The topological polar surface area (TPSA) is 74.6 Å². The summed E-state index contributed by atoms with van der Waals surface area (Å²) in [7, 11) is 0. The molecular weight excluding hydrogens is 244 g/mol. The molecule has 2 N–H and O–H groups in total. The molecule has 108 valence electrons. The Hall–Kier alpha value is -1.16. The molecule has 0 aromatic heterocycles. The molecule has 19 heavy (non-hydrogen) atoms. The van der Waals surface area contributed by atoms with Crippen molar-refractivity contribution in [3.63, 3.8) is 0 Å². The van der Waals surface area contributed by atoms with Crippen molar-refractivity contribution in [1.82, 2.24) is 0 Å². The van der Waals surface area contributed by atoms with Crippen LogP contribution in [-0.2, 0) is 9.59 Å². The van der Waals surface area contributed by atoms with Crippen molar-refractivity contribution in [2.45, 2.75) is 64.4 Å². The summed E-state index contributed by atoms with van der Waals surface area (Å²) < 4.78 is 0. The summed E-state index contributed by atoms with van der Waals surface area (Å²) >= 11 is 0. The number of carbonyl (C=O) groups excluding carboxylic acids is 1. The highest BCUT2D eigenvalue weighted by atomic mass is 16.4. The van der Waals surface area contributed by atoms with Crippen LogP contribution in [0.2, 0.25) is 0 Å². The van der Waals surface area contributed by atoms with Crippen LogP contribution in [0.5, 0.6) is 0 Å². The number of rotatable bonds is 9. The zero-order valence-corrected chi connectivity index (χ0v) is 11.6. The van der Waals surface area contributed by atoms with E-state index in [1.807, 2.05) is 6.08 Å². The van der Waals surface area contributed by atoms with Crippen LogP contribution in [0, 0.1) is 5.92 Å². The number of carbonyl (C=O) groups is 2. The van der Waals surface area contributed by atoms with Gasteiger partial charge >= 0.3 is 5.97 Å². The van der Waals surface area contributed by atoms with Gasteiger partial charge in [-0.1, -0.05) is 31.4 Å². The fourth-order valence-electron chi connectivity index (χ4n) is 2.56. The molecule has 2 atom stereocenters. The lowest BCUT2D eigenvalue weighted by molar-refractivity contribution is -0.138. The molecule has 0 spiro atoms. The van der Waals surface area contributed by atoms with E-state index in [1.54, 1.807) is 0 Å². The first-order chi connectivity index (χ1) is 9.04. The molecule has 0 amide bonds. The fraction of sp³-hybridized carbons (Fsp3) is 0.733. The molecule has 0 bridgehead atoms. The van der Waals surface area contributed by atoms with Crippen LogP contribution in [0.4, 0.5) is 0 Å². The number of aliphatic carboxylic acids is 1. The van der Waals surface area contributed by atoms with E-state index in [1.165, 1.54) is 0 Å². The Morgan fingerprint density at radius 3 is 2.68 bits per heavy atom. The van der Waals surface area contributed by atoms with Gasteiger partial charge in [-0.3, -0.25) is 9.59 Å². The fourth-order valence-corrected chi connectivity index (χ4v) is 2.56. The van der Waals surface area contributed by atoms with Crippen LogP contribution in [0.15, 0.2) is 11.6 Å². The van der Waals surface area contributed by atoms with Gasteiger partial charge in [0.15, 0.2) is 0 Å². The normalized spacial score (nSPS) is 22.3. The number of hydrogen-bond acceptors (Lipinski definition) is 3. The Kier molecular flexibility index (Phi) is 6.78. The van der Waals surface area contributed by atoms with E-state index in [4.69, 9.17) is 5.11 Å². The largest absolute Gasteiger partial charge is 0.481 e. The van der Waals surface area contributed by atoms with E-state index in [-0.39, 0.29) is 18.1 Å². The number of unbranched alkanes of at least 4 members (excludes halogenated alkanes) is 2. The molecule has 1 aliphatic carbocycles. The number of carboxylic acid groups (broad SMARTS) is 1. The number of aliphatic hydroxyl groups excluding tert-OH is 1. The lowest BCUT2D eigenvalue weighted by Gasteiger charge is -2.16. The molecule has 0 aromatic carbocycles. The standard InChI is InChI=1S/C15H24O4/c1-2-3-4-5-12(16)8-6-11-7-9-14(17)13(11)10-15(18)19/h7,13-14,17H,2-6,8-10H2,1H3,(H,18,19). The van der Waals surface area contributed by atoms with E-state index >= 15 is 0 Å². The third kappa shape index (κ3) is 5.55. The van der Waals surface area contributed by atoms with Crippen LogP contribution >= 0.6 is 0 Å². The summed E-state index contributed by atoms with van der Waals surface area (Å²) in [4.78, 5) is 22.4. The Bertz CT molecular complexity index is 346. The van der Waals surface area contributed by atoms with E-state index < -0.39 is 12.1 Å². The summed E-state index contributed by atoms with van der Waals surface area (Å²) in [5.41, 5.74) is 0.943. The molecule has 0 aromatic rings. The zero-order valence-electron chi connectivity index (χ0n) is 11.6. The van der Waals surface area contributed by atoms with Crippen molar-refractivity contribution in [2.24, 2.45) is 5.92 Å². The number of aliphatic hydroxyl groups is 1. The summed E-state index contributed by atoms with van der Waals surface area (Å²) in [5.74, 6) is -0.961. The zero-order chi connectivity index (χ0) is 14.3. The van der Waals surface area contributed by atoms with Gasteiger partial charge in [-0.15, -0.1) is 0 Å². The smallest absolute Gasteiger partial charge is 0.304 e. The molecule has 2 unspecified atom stereocenters. The number of carboxylic acids is 1. The van der Waals surface area contributed by atoms with Crippen LogP contribution in [-0.4, -0.2) is 28.1 Å². The van der Waals surface area contributed by atoms with E-state index in [0.29, 0.717) is 25.7 Å². The van der Waals surface area contributed by atoms with Crippen molar-refractivity contribution in [3.8, 4) is 0 Å². The van der Waals surface area contributed by atoms with Crippen molar-refractivity contribution in [2.75, 3.05) is 0 Å². The minimum absolute atomic E-state index is 0.0446. The Morgan fingerprint density at radius 2 is 2.05 bits per heavy atom. The first-order valence-electron chi connectivity index (χ1n) is 7.15. The molecule has 0 fully saturated rings. The highest BCUT2D eigenvalue weighted by Crippen LogP contribution is 2.32. The lowest BCUT2D eigenvalue weighted by Crippen LogP contribution is -2.20. The number of Topliss-reactive ketones (excluding diaryl/α,β-unsaturated/α-hetero) is 1. The van der Waals surface area contributed by atoms with E-state index in [9.17, 15) is 14.7 Å². The molecule has 0 radical (unpaired) electrons. The van der Waals surface area contributed by atoms with Gasteiger partial charge in [0.25, 0.3) is 0 Å². The first kappa shape index (κ1) is 15.9. The number of hydrogen-bond donors (Lipinski definition) is 2. The van der Waals surface area contributed by atoms with Crippen LogP contribution in [0.25, 0.3) is 0 Å². The van der Waals surface area contributed by atoms with Gasteiger partial charge in [-0.05, 0) is 19.3 Å². The molecule has 1 aliphatic rings. The first-order valence-corrected chi connectivity index (χ1v) is 7.15. The van der Waals surface area contributed by atoms with Gasteiger partial charge in [0, 0.05) is 18.8 Å². The van der Waals surface area contributed by atoms with Gasteiger partial charge < -0.3 is 10.2 Å². The van der Waals surface area contributed by atoms with Gasteiger partial charge in [0.1, 0.15) is 5.78 Å². The maximum atomic E-state index is 11.7. The van der Waals surface area contributed by atoms with Crippen molar-refractivity contribution >= 4 is 11.8 Å². The molecule has 0 saturated carbocycles. The van der Waals surface area contributed by atoms with E-state index in [0.717, 1.165) is 24.8 Å². The van der Waals surface area contributed by atoms with Gasteiger partial charge in [0.05, 0.1) is 12.5 Å². The summed E-state index contributed by atoms with van der Waals surface area (Å²) in [6.45, 7) is 2.10. The minimum atomic E-state index is -0.897. The molecule has 0 aliphatic heterocycles. The molecule has 4 heteroatoms. The summed E-state index contributed by atoms with van der Waals surface area (Å²) in [6, 6.07) is 0. The SMILES string of the molecule is CCCCCC(=O)CCC1=CCC(O)C1CC(=O)O. The summed E-state index contributed by atoms with van der Waals surface area (Å²) in [6.07, 6.45) is 6.58. The van der Waals surface area contributed by atoms with Crippen molar-refractivity contribution in [1.29, 1.82) is 0 Å². The lowest BCUT2D eigenvalue weighted by atomic mass is 9.91. The predicted octanol–water partition coefficient (Wildman–Crippen LogP) is 2.70. The highest BCUT2D eigenvalue weighted by Gasteiger charge is 2.29. The van der Waals surface area contributed by atoms with Crippen LogP contribution in [0.1, 0.15) is 58.3 Å². The van der Waals surface area contributed by atoms with Crippen LogP contribution < -0.4 is 0 Å². The number of ketones is 1. The second kappa shape index (κ2) is 8.10. The van der Waals surface area contributed by atoms with Crippen molar-refractivity contribution < 1.29 is 19.8 Å². The molecule has 0 heterocycles. The summed E-state index contributed by atoms with van der Waals surface area (Å²) in [5, 5.41) is 18.6. The Morgan fingerprint density at radius 1 is 1.32 bits per heavy atom. The van der Waals surface area contributed by atoms with E-state index in [2.05, 4.69) is 6.92 Å². The van der Waals surface area contributed by atoms with Crippen molar-refractivity contribution in [3.05, 3.63) is 11.6 Å². The molecule has 1 rings (SSSR count).